The molecule has 0 N–H and O–H groups in total. The summed E-state index contributed by atoms with van der Waals surface area (Å²) in [5.41, 5.74) is 2.37. The van der Waals surface area contributed by atoms with Crippen LogP contribution in [0.15, 0.2) is 11.6 Å². The van der Waals surface area contributed by atoms with Crippen molar-refractivity contribution in [3.63, 3.8) is 0 Å². The molecule has 0 saturated heterocycles. The SMILES string of the molecule is CCN(CCOC1CC=C(C(C)(C)CC(C)(C)C)CC1)C1CCCCC1. The van der Waals surface area contributed by atoms with Crippen molar-refractivity contribution in [3.05, 3.63) is 11.6 Å². The van der Waals surface area contributed by atoms with Crippen molar-refractivity contribution in [2.75, 3.05) is 19.7 Å². The number of rotatable bonds is 8. The van der Waals surface area contributed by atoms with E-state index >= 15 is 0 Å². The van der Waals surface area contributed by atoms with Crippen molar-refractivity contribution in [3.8, 4) is 0 Å². The van der Waals surface area contributed by atoms with Crippen LogP contribution in [0.5, 0.6) is 0 Å². The first-order valence-electron chi connectivity index (χ1n) is 11.3. The Hall–Kier alpha value is -0.340. The molecule has 152 valence electrons. The van der Waals surface area contributed by atoms with E-state index in [1.54, 1.807) is 5.57 Å². The lowest BCUT2D eigenvalue weighted by molar-refractivity contribution is 0.0205. The lowest BCUT2D eigenvalue weighted by Crippen LogP contribution is -2.39. The largest absolute Gasteiger partial charge is 0.377 e. The minimum atomic E-state index is 0.323. The number of ether oxygens (including phenoxy) is 1. The van der Waals surface area contributed by atoms with Gasteiger partial charge in [0.1, 0.15) is 0 Å². The smallest absolute Gasteiger partial charge is 0.0613 e. The molecule has 1 unspecified atom stereocenters. The number of hydrogen-bond acceptors (Lipinski definition) is 2. The van der Waals surface area contributed by atoms with Gasteiger partial charge in [-0.15, -0.1) is 0 Å². The van der Waals surface area contributed by atoms with Crippen LogP contribution in [-0.2, 0) is 4.74 Å². The normalized spacial score (nSPS) is 23.3. The van der Waals surface area contributed by atoms with Crippen LogP contribution in [0.3, 0.4) is 0 Å². The molecule has 0 bridgehead atoms. The zero-order valence-corrected chi connectivity index (χ0v) is 18.6. The van der Waals surface area contributed by atoms with Crippen molar-refractivity contribution >= 4 is 0 Å². The van der Waals surface area contributed by atoms with Crippen LogP contribution in [0.25, 0.3) is 0 Å². The maximum atomic E-state index is 6.28. The first-order chi connectivity index (χ1) is 12.2. The number of allylic oxidation sites excluding steroid dienone is 1. The van der Waals surface area contributed by atoms with E-state index < -0.39 is 0 Å². The van der Waals surface area contributed by atoms with Gasteiger partial charge in [-0.05, 0) is 55.9 Å². The van der Waals surface area contributed by atoms with Gasteiger partial charge in [-0.1, -0.05) is 72.5 Å². The molecule has 26 heavy (non-hydrogen) atoms. The average Bonchev–Trinajstić information content (AvgIpc) is 2.58. The summed E-state index contributed by atoms with van der Waals surface area (Å²) in [5, 5.41) is 0. The minimum absolute atomic E-state index is 0.323. The number of hydrogen-bond donors (Lipinski definition) is 0. The third kappa shape index (κ3) is 7.00. The topological polar surface area (TPSA) is 12.5 Å². The van der Waals surface area contributed by atoms with E-state index in [4.69, 9.17) is 4.74 Å². The van der Waals surface area contributed by atoms with E-state index in [0.29, 0.717) is 16.9 Å². The van der Waals surface area contributed by atoms with E-state index in [-0.39, 0.29) is 0 Å². The molecule has 0 amide bonds. The molecular formula is C24H45NO. The van der Waals surface area contributed by atoms with Gasteiger partial charge in [-0.25, -0.2) is 0 Å². The lowest BCUT2D eigenvalue weighted by atomic mass is 9.69. The van der Waals surface area contributed by atoms with E-state index in [2.05, 4.69) is 52.5 Å². The van der Waals surface area contributed by atoms with Gasteiger partial charge in [0.2, 0.25) is 0 Å². The van der Waals surface area contributed by atoms with E-state index in [1.807, 2.05) is 0 Å². The molecule has 0 heterocycles. The Morgan fingerprint density at radius 3 is 2.27 bits per heavy atom. The third-order valence-electron chi connectivity index (χ3n) is 6.43. The Balaban J connectivity index is 1.74. The highest BCUT2D eigenvalue weighted by atomic mass is 16.5. The maximum Gasteiger partial charge on any atom is 0.0613 e. The second-order valence-corrected chi connectivity index (χ2v) is 10.5. The molecule has 0 aromatic carbocycles. The van der Waals surface area contributed by atoms with E-state index in [0.717, 1.165) is 25.6 Å². The van der Waals surface area contributed by atoms with Crippen LogP contribution in [-0.4, -0.2) is 36.7 Å². The average molecular weight is 364 g/mol. The molecule has 1 fully saturated rings. The zero-order chi connectivity index (χ0) is 19.2. The highest BCUT2D eigenvalue weighted by Crippen LogP contribution is 2.42. The molecule has 0 aromatic heterocycles. The van der Waals surface area contributed by atoms with Crippen LogP contribution >= 0.6 is 0 Å². The third-order valence-corrected chi connectivity index (χ3v) is 6.43. The Morgan fingerprint density at radius 1 is 1.04 bits per heavy atom. The fourth-order valence-electron chi connectivity index (χ4n) is 5.40. The Bertz CT molecular complexity index is 440. The summed E-state index contributed by atoms with van der Waals surface area (Å²) in [6, 6.07) is 0.813. The summed E-state index contributed by atoms with van der Waals surface area (Å²) in [4.78, 5) is 2.66. The molecule has 2 aliphatic rings. The highest BCUT2D eigenvalue weighted by Gasteiger charge is 2.31. The summed E-state index contributed by atoms with van der Waals surface area (Å²) in [7, 11) is 0. The first-order valence-corrected chi connectivity index (χ1v) is 11.3. The quantitative estimate of drug-likeness (QED) is 0.450. The second-order valence-electron chi connectivity index (χ2n) is 10.5. The molecule has 0 spiro atoms. The fraction of sp³-hybridized carbons (Fsp3) is 0.917. The monoisotopic (exact) mass is 363 g/mol. The summed E-state index contributed by atoms with van der Waals surface area (Å²) < 4.78 is 6.28. The van der Waals surface area contributed by atoms with Crippen LogP contribution in [0.2, 0.25) is 0 Å². The molecule has 2 heteroatoms. The molecule has 2 nitrogen and oxygen atoms in total. The highest BCUT2D eigenvalue weighted by molar-refractivity contribution is 5.16. The van der Waals surface area contributed by atoms with Crippen molar-refractivity contribution < 1.29 is 4.74 Å². The van der Waals surface area contributed by atoms with Gasteiger partial charge >= 0.3 is 0 Å². The van der Waals surface area contributed by atoms with Crippen LogP contribution in [0, 0.1) is 10.8 Å². The van der Waals surface area contributed by atoms with Gasteiger partial charge in [0.15, 0.2) is 0 Å². The van der Waals surface area contributed by atoms with Gasteiger partial charge in [-0.2, -0.15) is 0 Å². The fourth-order valence-corrected chi connectivity index (χ4v) is 5.40. The van der Waals surface area contributed by atoms with E-state index in [9.17, 15) is 0 Å². The van der Waals surface area contributed by atoms with Crippen LogP contribution in [0.1, 0.15) is 99.3 Å². The van der Waals surface area contributed by atoms with Gasteiger partial charge in [-0.3, -0.25) is 4.90 Å². The Morgan fingerprint density at radius 2 is 1.73 bits per heavy atom. The molecule has 1 saturated carbocycles. The molecule has 2 rings (SSSR count). The summed E-state index contributed by atoms with van der Waals surface area (Å²) in [6.45, 7) is 17.4. The second kappa shape index (κ2) is 9.73. The summed E-state index contributed by atoms with van der Waals surface area (Å²) >= 11 is 0. The van der Waals surface area contributed by atoms with Gasteiger partial charge in [0, 0.05) is 12.6 Å². The van der Waals surface area contributed by atoms with Gasteiger partial charge in [0.05, 0.1) is 12.7 Å². The minimum Gasteiger partial charge on any atom is -0.377 e. The van der Waals surface area contributed by atoms with Crippen LogP contribution in [0.4, 0.5) is 0 Å². The number of nitrogens with zero attached hydrogens (tertiary/aromatic N) is 1. The molecule has 1 atom stereocenters. The predicted molar refractivity (Wildman–Crippen MR) is 114 cm³/mol. The molecule has 0 aromatic rings. The van der Waals surface area contributed by atoms with Crippen molar-refractivity contribution in [1.29, 1.82) is 0 Å². The molecule has 0 aliphatic heterocycles. The summed E-state index contributed by atoms with van der Waals surface area (Å²) in [6.07, 6.45) is 14.8. The van der Waals surface area contributed by atoms with Crippen molar-refractivity contribution in [2.24, 2.45) is 10.8 Å². The van der Waals surface area contributed by atoms with Gasteiger partial charge < -0.3 is 4.74 Å². The van der Waals surface area contributed by atoms with E-state index in [1.165, 1.54) is 57.9 Å². The Labute approximate surface area is 163 Å². The Kier molecular flexibility index (Phi) is 8.22. The molecular weight excluding hydrogens is 318 g/mol. The number of likely N-dealkylation sites (N-methyl/N-ethyl adjacent to an activating group) is 1. The molecule has 0 radical (unpaired) electrons. The lowest BCUT2D eigenvalue weighted by Gasteiger charge is -2.37. The summed E-state index contributed by atoms with van der Waals surface area (Å²) in [5.74, 6) is 0. The standard InChI is InChI=1S/C24H45NO/c1-7-25(21-11-9-8-10-12-21)17-18-26-22-15-13-20(14-16-22)24(5,6)19-23(2,3)4/h13,21-22H,7-12,14-19H2,1-6H3. The maximum absolute atomic E-state index is 6.28. The predicted octanol–water partition coefficient (Wildman–Crippen LogP) is 6.60. The van der Waals surface area contributed by atoms with Crippen molar-refractivity contribution in [2.45, 2.75) is 111 Å². The van der Waals surface area contributed by atoms with Crippen LogP contribution < -0.4 is 0 Å². The zero-order valence-electron chi connectivity index (χ0n) is 18.6. The first kappa shape index (κ1) is 22.0. The van der Waals surface area contributed by atoms with Crippen molar-refractivity contribution in [1.82, 2.24) is 4.90 Å². The van der Waals surface area contributed by atoms with Gasteiger partial charge in [0.25, 0.3) is 0 Å². The molecule has 2 aliphatic carbocycles.